The first-order valence-corrected chi connectivity index (χ1v) is 10.6. The summed E-state index contributed by atoms with van der Waals surface area (Å²) in [7, 11) is -0.996. The highest BCUT2D eigenvalue weighted by atomic mass is 32.2. The smallest absolute Gasteiger partial charge is 0.276 e. The fourth-order valence-electron chi connectivity index (χ4n) is 3.03. The molecule has 2 N–H and O–H groups in total. The normalized spacial score (nSPS) is 11.2. The number of anilines is 2. The van der Waals surface area contributed by atoms with Crippen LogP contribution < -0.4 is 14.8 Å². The summed E-state index contributed by atoms with van der Waals surface area (Å²) in [5.41, 5.74) is 3.18. The Morgan fingerprint density at radius 1 is 1.13 bits per heavy atom. The van der Waals surface area contributed by atoms with Gasteiger partial charge in [-0.1, -0.05) is 18.2 Å². The summed E-state index contributed by atoms with van der Waals surface area (Å²) in [6.45, 7) is 5.39. The number of nitrogens with zero attached hydrogens (tertiary/aromatic N) is 3. The number of ether oxygens (including phenoxy) is 1. The zero-order valence-corrected chi connectivity index (χ0v) is 18.2. The van der Waals surface area contributed by atoms with Gasteiger partial charge >= 0.3 is 0 Å². The fraction of sp³-hybridized carbons (Fsp3) is 0.250. The molecular formula is C20H23N5O4S. The van der Waals surface area contributed by atoms with E-state index in [1.54, 1.807) is 20.2 Å². The summed E-state index contributed by atoms with van der Waals surface area (Å²) in [5.74, 6) is -0.549. The third kappa shape index (κ3) is 4.28. The highest BCUT2D eigenvalue weighted by Crippen LogP contribution is 2.29. The maximum absolute atomic E-state index is 13.1. The lowest BCUT2D eigenvalue weighted by atomic mass is 10.1. The van der Waals surface area contributed by atoms with Gasteiger partial charge in [0.2, 0.25) is 5.88 Å². The number of sulfonamides is 1. The summed E-state index contributed by atoms with van der Waals surface area (Å²) in [5, 5.41) is 6.75. The molecule has 0 radical (unpaired) electrons. The van der Waals surface area contributed by atoms with Gasteiger partial charge in [-0.05, 0) is 38.0 Å². The number of aryl methyl sites for hydroxylation is 4. The number of hydrogen-bond acceptors (Lipinski definition) is 6. The van der Waals surface area contributed by atoms with Crippen LogP contribution in [0.15, 0.2) is 41.6 Å². The van der Waals surface area contributed by atoms with Crippen molar-refractivity contribution in [1.29, 1.82) is 0 Å². The van der Waals surface area contributed by atoms with Crippen molar-refractivity contribution in [3.8, 4) is 5.88 Å². The first-order valence-electron chi connectivity index (χ1n) is 9.07. The number of nitrogens with one attached hydrogen (secondary N) is 2. The van der Waals surface area contributed by atoms with E-state index in [0.29, 0.717) is 11.3 Å². The second-order valence-corrected chi connectivity index (χ2v) is 8.54. The van der Waals surface area contributed by atoms with Gasteiger partial charge in [-0.25, -0.2) is 13.4 Å². The zero-order chi connectivity index (χ0) is 22.1. The molecule has 0 atom stereocenters. The minimum atomic E-state index is -4.04. The number of amides is 1. The molecule has 0 aliphatic heterocycles. The van der Waals surface area contributed by atoms with Crippen LogP contribution in [0.2, 0.25) is 0 Å². The van der Waals surface area contributed by atoms with Gasteiger partial charge in [-0.15, -0.1) is 0 Å². The van der Waals surface area contributed by atoms with Crippen molar-refractivity contribution in [3.63, 3.8) is 0 Å². The lowest BCUT2D eigenvalue weighted by molar-refractivity contribution is 0.102. The predicted octanol–water partition coefficient (Wildman–Crippen LogP) is 2.80. The van der Waals surface area contributed by atoms with Crippen LogP contribution in [-0.4, -0.2) is 36.2 Å². The Labute approximate surface area is 175 Å². The maximum atomic E-state index is 13.1. The Bertz CT molecular complexity index is 1200. The van der Waals surface area contributed by atoms with E-state index in [1.165, 1.54) is 24.1 Å². The van der Waals surface area contributed by atoms with Crippen molar-refractivity contribution in [2.45, 2.75) is 25.7 Å². The predicted molar refractivity (Wildman–Crippen MR) is 113 cm³/mol. The molecule has 158 valence electrons. The Morgan fingerprint density at radius 3 is 2.37 bits per heavy atom. The third-order valence-corrected chi connectivity index (χ3v) is 5.85. The molecule has 1 amide bonds. The van der Waals surface area contributed by atoms with E-state index in [2.05, 4.69) is 20.1 Å². The number of benzene rings is 1. The highest BCUT2D eigenvalue weighted by molar-refractivity contribution is 7.92. The minimum absolute atomic E-state index is 0.0826. The number of carbonyl (C=O) groups is 1. The van der Waals surface area contributed by atoms with E-state index in [-0.39, 0.29) is 22.2 Å². The Morgan fingerprint density at radius 2 is 1.80 bits per heavy atom. The average molecular weight is 430 g/mol. The molecule has 3 rings (SSSR count). The van der Waals surface area contributed by atoms with E-state index in [0.717, 1.165) is 11.1 Å². The molecule has 0 saturated heterocycles. The Balaban J connectivity index is 1.96. The molecule has 0 bridgehead atoms. The molecule has 30 heavy (non-hydrogen) atoms. The first-order chi connectivity index (χ1) is 14.1. The fourth-order valence-corrected chi connectivity index (χ4v) is 4.38. The summed E-state index contributed by atoms with van der Waals surface area (Å²) in [6, 6.07) is 6.77. The van der Waals surface area contributed by atoms with E-state index in [9.17, 15) is 13.2 Å². The van der Waals surface area contributed by atoms with Crippen LogP contribution in [0, 0.1) is 20.8 Å². The second-order valence-electron chi connectivity index (χ2n) is 6.89. The zero-order valence-electron chi connectivity index (χ0n) is 17.3. The molecule has 0 aliphatic carbocycles. The van der Waals surface area contributed by atoms with Crippen molar-refractivity contribution in [3.05, 3.63) is 59.0 Å². The van der Waals surface area contributed by atoms with E-state index < -0.39 is 15.9 Å². The number of pyridine rings is 1. The van der Waals surface area contributed by atoms with Crippen molar-refractivity contribution in [2.75, 3.05) is 17.1 Å². The molecule has 1 aromatic carbocycles. The molecule has 0 saturated carbocycles. The molecule has 10 heteroatoms. The van der Waals surface area contributed by atoms with Crippen LogP contribution in [-0.2, 0) is 17.1 Å². The van der Waals surface area contributed by atoms with Crippen LogP contribution >= 0.6 is 0 Å². The minimum Gasteiger partial charge on any atom is -0.480 e. The lowest BCUT2D eigenvalue weighted by Crippen LogP contribution is -2.18. The molecule has 0 fully saturated rings. The summed E-state index contributed by atoms with van der Waals surface area (Å²) in [4.78, 5) is 16.4. The summed E-state index contributed by atoms with van der Waals surface area (Å²) in [6.07, 6.45) is 3.04. The topological polar surface area (TPSA) is 115 Å². The van der Waals surface area contributed by atoms with E-state index in [4.69, 9.17) is 4.74 Å². The largest absolute Gasteiger partial charge is 0.480 e. The standard InChI is InChI=1S/C20H23N5O4S/c1-12-7-6-8-13(2)17(12)24-30(27,28)16-9-15(10-21-20(16)29-5)22-19(26)18-14(3)11-25(4)23-18/h6-11,24H,1-5H3,(H,22,26). The van der Waals surface area contributed by atoms with Crippen LogP contribution in [0.3, 0.4) is 0 Å². The molecule has 9 nitrogen and oxygen atoms in total. The number of methoxy groups -OCH3 is 1. The molecule has 0 unspecified atom stereocenters. The molecule has 0 aliphatic rings. The second kappa shape index (κ2) is 8.15. The third-order valence-electron chi connectivity index (χ3n) is 4.50. The van der Waals surface area contributed by atoms with Crippen LogP contribution in [0.4, 0.5) is 11.4 Å². The molecule has 3 aromatic rings. The first kappa shape index (κ1) is 21.3. The van der Waals surface area contributed by atoms with E-state index in [1.807, 2.05) is 32.0 Å². The number of para-hydroxylation sites is 1. The summed E-state index contributed by atoms with van der Waals surface area (Å²) >= 11 is 0. The van der Waals surface area contributed by atoms with Crippen molar-refractivity contribution in [1.82, 2.24) is 14.8 Å². The van der Waals surface area contributed by atoms with Gasteiger partial charge in [-0.2, -0.15) is 5.10 Å². The van der Waals surface area contributed by atoms with Gasteiger partial charge < -0.3 is 10.1 Å². The van der Waals surface area contributed by atoms with E-state index >= 15 is 0 Å². The van der Waals surface area contributed by atoms with Gasteiger partial charge in [0, 0.05) is 18.8 Å². The number of hydrogen-bond donors (Lipinski definition) is 2. The number of aromatic nitrogens is 3. The van der Waals surface area contributed by atoms with Crippen molar-refractivity contribution >= 4 is 27.3 Å². The summed E-state index contributed by atoms with van der Waals surface area (Å²) < 4.78 is 35.4. The van der Waals surface area contributed by atoms with Crippen molar-refractivity contribution in [2.24, 2.45) is 7.05 Å². The Hall–Kier alpha value is -3.40. The lowest BCUT2D eigenvalue weighted by Gasteiger charge is -2.15. The SMILES string of the molecule is COc1ncc(NC(=O)c2nn(C)cc2C)cc1S(=O)(=O)Nc1c(C)cccc1C. The quantitative estimate of drug-likeness (QED) is 0.623. The number of carbonyl (C=O) groups excluding carboxylic acids is 1. The highest BCUT2D eigenvalue weighted by Gasteiger charge is 2.24. The number of rotatable bonds is 6. The van der Waals surface area contributed by atoms with Crippen LogP contribution in [0.1, 0.15) is 27.2 Å². The monoisotopic (exact) mass is 429 g/mol. The van der Waals surface area contributed by atoms with Crippen molar-refractivity contribution < 1.29 is 17.9 Å². The molecule has 0 spiro atoms. The van der Waals surface area contributed by atoms with Crippen LogP contribution in [0.5, 0.6) is 5.88 Å². The van der Waals surface area contributed by atoms with Gasteiger partial charge in [0.25, 0.3) is 15.9 Å². The molecular weight excluding hydrogens is 406 g/mol. The van der Waals surface area contributed by atoms with Gasteiger partial charge in [0.15, 0.2) is 10.6 Å². The van der Waals surface area contributed by atoms with Gasteiger partial charge in [0.1, 0.15) is 0 Å². The van der Waals surface area contributed by atoms with Gasteiger partial charge in [-0.3, -0.25) is 14.2 Å². The molecule has 2 heterocycles. The molecule has 2 aromatic heterocycles. The maximum Gasteiger partial charge on any atom is 0.276 e. The van der Waals surface area contributed by atoms with Crippen LogP contribution in [0.25, 0.3) is 0 Å². The average Bonchev–Trinajstić information content (AvgIpc) is 3.03. The van der Waals surface area contributed by atoms with Gasteiger partial charge in [0.05, 0.1) is 24.7 Å². The Kier molecular flexibility index (Phi) is 5.79.